The lowest BCUT2D eigenvalue weighted by molar-refractivity contribution is 0.769. The first-order valence-electron chi connectivity index (χ1n) is 22.2. The van der Waals surface area contributed by atoms with Gasteiger partial charge in [-0.3, -0.25) is 0 Å². The van der Waals surface area contributed by atoms with E-state index in [0.717, 1.165) is 66.9 Å². The first-order valence-corrected chi connectivity index (χ1v) is 22.2. The molecule has 0 saturated carbocycles. The molecule has 1 aliphatic carbocycles. The van der Waals surface area contributed by atoms with E-state index in [1.165, 1.54) is 38.9 Å². The van der Waals surface area contributed by atoms with Crippen LogP contribution < -0.4 is 0 Å². The minimum Gasteiger partial charge on any atom is -0.248 e. The van der Waals surface area contributed by atoms with Gasteiger partial charge < -0.3 is 0 Å². The third kappa shape index (κ3) is 6.65. The third-order valence-corrected chi connectivity index (χ3v) is 12.9. The van der Waals surface area contributed by atoms with Crippen LogP contribution in [0.4, 0.5) is 0 Å². The van der Waals surface area contributed by atoms with Gasteiger partial charge in [0, 0.05) is 27.6 Å². The molecule has 9 aromatic carbocycles. The summed E-state index contributed by atoms with van der Waals surface area (Å²) in [5.41, 5.74) is 19.0. The summed E-state index contributed by atoms with van der Waals surface area (Å²) in [4.78, 5) is 16.1. The Labute approximate surface area is 379 Å². The zero-order valence-corrected chi connectivity index (χ0v) is 35.5. The maximum absolute atomic E-state index is 5.61. The van der Waals surface area contributed by atoms with E-state index in [1.807, 2.05) is 12.1 Å². The molecule has 0 saturated heterocycles. The van der Waals surface area contributed by atoms with E-state index < -0.39 is 5.41 Å². The number of aromatic nitrogens is 3. The normalized spacial score (nSPS) is 12.4. The van der Waals surface area contributed by atoms with Crippen LogP contribution in [0.1, 0.15) is 22.3 Å². The molecule has 1 aliphatic rings. The second-order valence-electron chi connectivity index (χ2n) is 16.7. The summed E-state index contributed by atoms with van der Waals surface area (Å²) in [6.07, 6.45) is 0. The number of pyridine rings is 1. The van der Waals surface area contributed by atoms with Crippen molar-refractivity contribution in [3.05, 3.63) is 271 Å². The first-order chi connectivity index (χ1) is 32.2. The predicted molar refractivity (Wildman–Crippen MR) is 267 cm³/mol. The fraction of sp³-hybridized carbons (Fsp3) is 0.0161. The highest BCUT2D eigenvalue weighted by atomic mass is 14.9. The fourth-order valence-electron chi connectivity index (χ4n) is 9.95. The van der Waals surface area contributed by atoms with Gasteiger partial charge in [0.15, 0.2) is 5.82 Å². The molecule has 0 unspecified atom stereocenters. The molecule has 0 radical (unpaired) electrons. The van der Waals surface area contributed by atoms with Crippen molar-refractivity contribution in [1.29, 1.82) is 0 Å². The van der Waals surface area contributed by atoms with E-state index in [0.29, 0.717) is 5.82 Å². The van der Waals surface area contributed by atoms with E-state index in [1.54, 1.807) is 0 Å². The number of hydrogen-bond acceptors (Lipinski definition) is 3. The standard InChI is InChI=1S/C62H41N3/c1-6-20-42(21-7-1)45-26-18-28-47(36-45)57-39-52(46-27-19-29-48(37-46)61-64-58(43-22-8-2-9-23-43)41-59(65-61)44-24-10-3-11-25-44)54-38-53-51-34-16-17-35-55(51)62(49-30-12-4-13-31-49,50-32-14-5-15-33-50)56(53)40-60(54)63-57/h1-41H. The molecule has 0 spiro atoms. The zero-order chi connectivity index (χ0) is 43.2. The maximum Gasteiger partial charge on any atom is 0.160 e. The molecule has 0 amide bonds. The lowest BCUT2D eigenvalue weighted by atomic mass is 9.67. The Morgan fingerprint density at radius 1 is 0.262 bits per heavy atom. The zero-order valence-electron chi connectivity index (χ0n) is 35.5. The molecule has 12 rings (SSSR count). The van der Waals surface area contributed by atoms with Crippen LogP contribution in [-0.2, 0) is 5.41 Å². The van der Waals surface area contributed by atoms with Crippen LogP contribution in [0.3, 0.4) is 0 Å². The van der Waals surface area contributed by atoms with E-state index in [-0.39, 0.29) is 0 Å². The SMILES string of the molecule is c1ccc(-c2cccc(-c3cc(-c4cccc(-c5nc(-c6ccccc6)cc(-c6ccccc6)n5)c4)c4cc5c(cc4n3)C(c3ccccc3)(c3ccccc3)c3ccccc3-5)c2)cc1. The summed E-state index contributed by atoms with van der Waals surface area (Å²) in [6, 6.07) is 88.8. The molecule has 2 heterocycles. The summed E-state index contributed by atoms with van der Waals surface area (Å²) in [5, 5.41) is 1.08. The predicted octanol–water partition coefficient (Wildman–Crippen LogP) is 15.4. The smallest absolute Gasteiger partial charge is 0.160 e. The topological polar surface area (TPSA) is 38.7 Å². The van der Waals surface area contributed by atoms with Crippen molar-refractivity contribution in [1.82, 2.24) is 15.0 Å². The van der Waals surface area contributed by atoms with Gasteiger partial charge in [0.1, 0.15) is 0 Å². The monoisotopic (exact) mass is 827 g/mol. The van der Waals surface area contributed by atoms with Crippen LogP contribution in [0.15, 0.2) is 249 Å². The van der Waals surface area contributed by atoms with E-state index >= 15 is 0 Å². The maximum atomic E-state index is 5.61. The van der Waals surface area contributed by atoms with Gasteiger partial charge in [-0.1, -0.05) is 212 Å². The minimum atomic E-state index is -0.550. The van der Waals surface area contributed by atoms with Crippen LogP contribution in [0.2, 0.25) is 0 Å². The summed E-state index contributed by atoms with van der Waals surface area (Å²) in [5.74, 6) is 0.673. The van der Waals surface area contributed by atoms with Gasteiger partial charge in [-0.2, -0.15) is 0 Å². The Kier molecular flexibility index (Phi) is 9.39. The van der Waals surface area contributed by atoms with Gasteiger partial charge in [-0.05, 0) is 92.0 Å². The second-order valence-corrected chi connectivity index (χ2v) is 16.7. The highest BCUT2D eigenvalue weighted by Gasteiger charge is 2.46. The average molecular weight is 828 g/mol. The Balaban J connectivity index is 1.11. The number of rotatable bonds is 8. The van der Waals surface area contributed by atoms with Gasteiger partial charge >= 0.3 is 0 Å². The van der Waals surface area contributed by atoms with Crippen LogP contribution in [0.25, 0.3) is 89.4 Å². The summed E-state index contributed by atoms with van der Waals surface area (Å²) < 4.78 is 0. The summed E-state index contributed by atoms with van der Waals surface area (Å²) >= 11 is 0. The molecule has 11 aromatic rings. The van der Waals surface area contributed by atoms with Gasteiger partial charge in [0.25, 0.3) is 0 Å². The minimum absolute atomic E-state index is 0.550. The molecular formula is C62H41N3. The fourth-order valence-corrected chi connectivity index (χ4v) is 9.95. The Hall–Kier alpha value is -8.53. The van der Waals surface area contributed by atoms with Crippen LogP contribution in [0, 0.1) is 0 Å². The quantitative estimate of drug-likeness (QED) is 0.153. The lowest BCUT2D eigenvalue weighted by Gasteiger charge is -2.34. The highest BCUT2D eigenvalue weighted by Crippen LogP contribution is 2.57. The Morgan fingerprint density at radius 2 is 0.738 bits per heavy atom. The number of nitrogens with zero attached hydrogens (tertiary/aromatic N) is 3. The van der Waals surface area contributed by atoms with Crippen molar-refractivity contribution < 1.29 is 0 Å². The van der Waals surface area contributed by atoms with Crippen molar-refractivity contribution in [2.24, 2.45) is 0 Å². The van der Waals surface area contributed by atoms with Gasteiger partial charge in [-0.15, -0.1) is 0 Å². The van der Waals surface area contributed by atoms with E-state index in [4.69, 9.17) is 15.0 Å². The molecule has 304 valence electrons. The number of benzene rings is 9. The van der Waals surface area contributed by atoms with Crippen molar-refractivity contribution in [2.75, 3.05) is 0 Å². The highest BCUT2D eigenvalue weighted by molar-refractivity contribution is 6.03. The van der Waals surface area contributed by atoms with Crippen LogP contribution in [0.5, 0.6) is 0 Å². The van der Waals surface area contributed by atoms with E-state index in [2.05, 4.69) is 237 Å². The number of fused-ring (bicyclic) bond motifs is 4. The van der Waals surface area contributed by atoms with Crippen molar-refractivity contribution in [3.8, 4) is 78.5 Å². The van der Waals surface area contributed by atoms with Crippen molar-refractivity contribution in [2.45, 2.75) is 5.41 Å². The van der Waals surface area contributed by atoms with Gasteiger partial charge in [0.05, 0.1) is 28.0 Å². The molecule has 0 bridgehead atoms. The molecule has 0 atom stereocenters. The summed E-state index contributed by atoms with van der Waals surface area (Å²) in [6.45, 7) is 0. The van der Waals surface area contributed by atoms with E-state index in [9.17, 15) is 0 Å². The first kappa shape index (κ1) is 38.2. The third-order valence-electron chi connectivity index (χ3n) is 12.9. The molecular weight excluding hydrogens is 787 g/mol. The molecule has 0 fully saturated rings. The van der Waals surface area contributed by atoms with Crippen molar-refractivity contribution >= 4 is 10.9 Å². The molecule has 0 aliphatic heterocycles. The molecule has 3 nitrogen and oxygen atoms in total. The molecule has 0 N–H and O–H groups in total. The largest absolute Gasteiger partial charge is 0.248 e. The summed E-state index contributed by atoms with van der Waals surface area (Å²) in [7, 11) is 0. The number of hydrogen-bond donors (Lipinski definition) is 0. The van der Waals surface area contributed by atoms with Crippen molar-refractivity contribution in [3.63, 3.8) is 0 Å². The molecule has 3 heteroatoms. The van der Waals surface area contributed by atoms with Gasteiger partial charge in [-0.25, -0.2) is 15.0 Å². The second kappa shape index (κ2) is 16.0. The molecule has 65 heavy (non-hydrogen) atoms. The van der Waals surface area contributed by atoms with Gasteiger partial charge in [0.2, 0.25) is 0 Å². The Morgan fingerprint density at radius 3 is 1.37 bits per heavy atom. The van der Waals surface area contributed by atoms with Crippen LogP contribution in [-0.4, -0.2) is 15.0 Å². The lowest BCUT2D eigenvalue weighted by Crippen LogP contribution is -2.28. The Bertz CT molecular complexity index is 3420. The molecule has 2 aromatic heterocycles. The van der Waals surface area contributed by atoms with Crippen LogP contribution >= 0.6 is 0 Å². The average Bonchev–Trinajstić information content (AvgIpc) is 3.68.